The van der Waals surface area contributed by atoms with E-state index in [1.165, 1.54) is 0 Å². The first-order chi connectivity index (χ1) is 12.3. The van der Waals surface area contributed by atoms with Crippen molar-refractivity contribution >= 4 is 11.6 Å². The highest BCUT2D eigenvalue weighted by Crippen LogP contribution is 2.33. The topological polar surface area (TPSA) is 71.9 Å². The van der Waals surface area contributed by atoms with Gasteiger partial charge in [-0.05, 0) is 30.3 Å². The molecule has 1 amide bonds. The second-order valence-electron chi connectivity index (χ2n) is 5.24. The summed E-state index contributed by atoms with van der Waals surface area (Å²) in [6.45, 7) is -0.427. The van der Waals surface area contributed by atoms with Gasteiger partial charge in [-0.1, -0.05) is 6.07 Å². The molecular formula is C16H12F4N4O2. The number of alkyl halides is 3. The van der Waals surface area contributed by atoms with Gasteiger partial charge in [-0.3, -0.25) is 4.79 Å². The van der Waals surface area contributed by atoms with E-state index in [9.17, 15) is 22.4 Å². The molecule has 0 saturated heterocycles. The van der Waals surface area contributed by atoms with Crippen molar-refractivity contribution in [3.05, 3.63) is 60.2 Å². The highest BCUT2D eigenvalue weighted by atomic mass is 19.4. The number of rotatable bonds is 5. The molecule has 26 heavy (non-hydrogen) atoms. The highest BCUT2D eigenvalue weighted by Gasteiger charge is 2.34. The molecule has 0 saturated carbocycles. The van der Waals surface area contributed by atoms with Crippen molar-refractivity contribution in [1.29, 1.82) is 0 Å². The highest BCUT2D eigenvalue weighted by molar-refractivity contribution is 5.92. The molecule has 2 aromatic carbocycles. The maximum atomic E-state index is 13.2. The van der Waals surface area contributed by atoms with Gasteiger partial charge in [-0.2, -0.15) is 13.2 Å². The molecule has 0 bridgehead atoms. The van der Waals surface area contributed by atoms with Crippen molar-refractivity contribution in [3.8, 4) is 11.4 Å². The molecule has 1 aromatic heterocycles. The fraction of sp³-hybridized carbons (Fsp3) is 0.125. The fourth-order valence-electron chi connectivity index (χ4n) is 2.13. The van der Waals surface area contributed by atoms with Crippen molar-refractivity contribution in [1.82, 2.24) is 15.0 Å². The number of nitrogens with zero attached hydrogens (tertiary/aromatic N) is 2. The average molecular weight is 368 g/mol. The Hall–Kier alpha value is -3.30. The Balaban J connectivity index is 1.62. The van der Waals surface area contributed by atoms with E-state index in [4.69, 9.17) is 4.74 Å². The molecule has 1 heterocycles. The molecule has 0 unspecified atom stereocenters. The van der Waals surface area contributed by atoms with Gasteiger partial charge >= 0.3 is 6.18 Å². The van der Waals surface area contributed by atoms with Crippen LogP contribution in [-0.4, -0.2) is 27.5 Å². The summed E-state index contributed by atoms with van der Waals surface area (Å²) in [6.07, 6.45) is -3.31. The maximum absolute atomic E-state index is 13.2. The molecule has 0 fully saturated rings. The van der Waals surface area contributed by atoms with Gasteiger partial charge in [0, 0.05) is 11.8 Å². The zero-order valence-corrected chi connectivity index (χ0v) is 13.0. The first-order valence-corrected chi connectivity index (χ1v) is 7.30. The Morgan fingerprint density at radius 1 is 1.23 bits per heavy atom. The number of amides is 1. The van der Waals surface area contributed by atoms with Crippen LogP contribution in [0.4, 0.5) is 23.2 Å². The standard InChI is InChI=1S/C16H12F4N4O2/c17-14-5-4-10(6-13(14)16(18,19)20)22-15(25)8-26-12-3-1-2-11(7-12)24-9-21-23-24/h1-7,9,23H,8H2,(H,22,25). The Labute approximate surface area is 144 Å². The molecule has 0 radical (unpaired) electrons. The molecule has 3 rings (SSSR count). The van der Waals surface area contributed by atoms with Crippen molar-refractivity contribution in [2.24, 2.45) is 0 Å². The number of aromatic amines is 1. The predicted octanol–water partition coefficient (Wildman–Crippen LogP) is 3.38. The lowest BCUT2D eigenvalue weighted by Crippen LogP contribution is -2.21. The van der Waals surface area contributed by atoms with E-state index in [2.05, 4.69) is 15.6 Å². The Bertz CT molecular complexity index is 908. The van der Waals surface area contributed by atoms with E-state index < -0.39 is 30.1 Å². The predicted molar refractivity (Wildman–Crippen MR) is 83.4 cm³/mol. The van der Waals surface area contributed by atoms with Crippen molar-refractivity contribution in [2.45, 2.75) is 6.18 Å². The number of ether oxygens (including phenoxy) is 1. The lowest BCUT2D eigenvalue weighted by Gasteiger charge is -2.12. The van der Waals surface area contributed by atoms with Crippen LogP contribution >= 0.6 is 0 Å². The van der Waals surface area contributed by atoms with Gasteiger partial charge in [0.2, 0.25) is 0 Å². The summed E-state index contributed by atoms with van der Waals surface area (Å²) >= 11 is 0. The number of H-pyrrole nitrogens is 1. The lowest BCUT2D eigenvalue weighted by molar-refractivity contribution is -0.140. The van der Waals surface area contributed by atoms with Crippen LogP contribution < -0.4 is 10.1 Å². The Kier molecular flexibility index (Phi) is 4.65. The first kappa shape index (κ1) is 17.5. The van der Waals surface area contributed by atoms with E-state index in [0.29, 0.717) is 17.9 Å². The Morgan fingerprint density at radius 3 is 2.65 bits per heavy atom. The van der Waals surface area contributed by atoms with Gasteiger partial charge in [-0.15, -0.1) is 5.10 Å². The second kappa shape index (κ2) is 6.90. The first-order valence-electron chi connectivity index (χ1n) is 7.30. The zero-order chi connectivity index (χ0) is 18.7. The van der Waals surface area contributed by atoms with Gasteiger partial charge in [0.15, 0.2) is 6.61 Å². The third kappa shape index (κ3) is 4.02. The van der Waals surface area contributed by atoms with E-state index in [1.807, 2.05) is 0 Å². The number of nitrogens with one attached hydrogen (secondary N) is 2. The number of hydrogen-bond acceptors (Lipinski definition) is 3. The second-order valence-corrected chi connectivity index (χ2v) is 5.24. The van der Waals surface area contributed by atoms with Crippen LogP contribution in [0.3, 0.4) is 0 Å². The molecule has 0 aliphatic rings. The number of benzene rings is 2. The quantitative estimate of drug-likeness (QED) is 0.679. The molecule has 136 valence electrons. The van der Waals surface area contributed by atoms with Crippen LogP contribution in [0.2, 0.25) is 0 Å². The van der Waals surface area contributed by atoms with Gasteiger partial charge in [-0.25, -0.2) is 14.3 Å². The molecule has 2 N–H and O–H groups in total. The van der Waals surface area contributed by atoms with Crippen molar-refractivity contribution < 1.29 is 27.1 Å². The number of halogens is 4. The SMILES string of the molecule is O=C(COc1cccc(-n2cn[nH]2)c1)Nc1ccc(F)c(C(F)(F)F)c1. The monoisotopic (exact) mass is 368 g/mol. The molecule has 0 atom stereocenters. The van der Waals surface area contributed by atoms with Crippen LogP contribution in [0.15, 0.2) is 48.8 Å². The van der Waals surface area contributed by atoms with Crippen molar-refractivity contribution in [2.75, 3.05) is 11.9 Å². The van der Waals surface area contributed by atoms with Crippen LogP contribution in [0.1, 0.15) is 5.56 Å². The molecule has 0 aliphatic heterocycles. The van der Waals surface area contributed by atoms with Crippen LogP contribution in [0.25, 0.3) is 5.69 Å². The number of aromatic nitrogens is 3. The van der Waals surface area contributed by atoms with E-state index in [0.717, 1.165) is 11.8 Å². The summed E-state index contributed by atoms with van der Waals surface area (Å²) in [7, 11) is 0. The van der Waals surface area contributed by atoms with Crippen LogP contribution in [0, 0.1) is 5.82 Å². The largest absolute Gasteiger partial charge is 0.484 e. The third-order valence-electron chi connectivity index (χ3n) is 3.36. The summed E-state index contributed by atoms with van der Waals surface area (Å²) in [5.74, 6) is -1.71. The summed E-state index contributed by atoms with van der Waals surface area (Å²) in [5.41, 5.74) is -0.902. The number of hydrogen-bond donors (Lipinski definition) is 2. The average Bonchev–Trinajstić information content (AvgIpc) is 2.52. The summed E-state index contributed by atoms with van der Waals surface area (Å²) < 4.78 is 58.2. The molecule has 0 spiro atoms. The van der Waals surface area contributed by atoms with Crippen LogP contribution in [-0.2, 0) is 11.0 Å². The minimum atomic E-state index is -4.85. The van der Waals surface area contributed by atoms with E-state index >= 15 is 0 Å². The van der Waals surface area contributed by atoms with Crippen molar-refractivity contribution in [3.63, 3.8) is 0 Å². The normalized spacial score (nSPS) is 11.4. The number of carbonyl (C=O) groups excluding carboxylic acids is 1. The molecular weight excluding hydrogens is 356 g/mol. The van der Waals surface area contributed by atoms with E-state index in [1.54, 1.807) is 35.3 Å². The fourth-order valence-corrected chi connectivity index (χ4v) is 2.13. The summed E-state index contributed by atoms with van der Waals surface area (Å²) in [5, 5.41) is 8.59. The Morgan fingerprint density at radius 2 is 2.00 bits per heavy atom. The zero-order valence-electron chi connectivity index (χ0n) is 13.0. The van der Waals surface area contributed by atoms with Gasteiger partial charge in [0.05, 0.1) is 11.3 Å². The minimum Gasteiger partial charge on any atom is -0.484 e. The molecule has 6 nitrogen and oxygen atoms in total. The third-order valence-corrected chi connectivity index (χ3v) is 3.36. The van der Waals surface area contributed by atoms with E-state index in [-0.39, 0.29) is 5.69 Å². The maximum Gasteiger partial charge on any atom is 0.419 e. The van der Waals surface area contributed by atoms with Crippen LogP contribution in [0.5, 0.6) is 5.75 Å². The number of anilines is 1. The van der Waals surface area contributed by atoms with Gasteiger partial charge < -0.3 is 10.1 Å². The van der Waals surface area contributed by atoms with Gasteiger partial charge in [0.25, 0.3) is 5.91 Å². The smallest absolute Gasteiger partial charge is 0.419 e. The minimum absolute atomic E-state index is 0.179. The molecule has 0 aliphatic carbocycles. The van der Waals surface area contributed by atoms with Gasteiger partial charge in [0.1, 0.15) is 17.9 Å². The lowest BCUT2D eigenvalue weighted by atomic mass is 10.2. The summed E-state index contributed by atoms with van der Waals surface area (Å²) in [4.78, 5) is 11.9. The summed E-state index contributed by atoms with van der Waals surface area (Å²) in [6, 6.07) is 8.96. The number of carbonyl (C=O) groups is 1. The molecule has 10 heteroatoms. The molecule has 3 aromatic rings.